The van der Waals surface area contributed by atoms with Crippen LogP contribution in [0.25, 0.3) is 0 Å². The van der Waals surface area contributed by atoms with E-state index in [-0.39, 0.29) is 11.8 Å². The minimum atomic E-state index is -0.515. The SMILES string of the molecule is CC(NC(=O)c1ccccc1)C(=O)NCCCC1CCCC1. The fourth-order valence-corrected chi connectivity index (χ4v) is 2.99. The lowest BCUT2D eigenvalue weighted by molar-refractivity contribution is -0.122. The first-order chi connectivity index (χ1) is 10.7. The van der Waals surface area contributed by atoms with Crippen LogP contribution in [-0.4, -0.2) is 24.4 Å². The molecule has 0 spiro atoms. The van der Waals surface area contributed by atoms with Crippen molar-refractivity contribution in [1.29, 1.82) is 0 Å². The Morgan fingerprint density at radius 2 is 1.86 bits per heavy atom. The molecule has 1 unspecified atom stereocenters. The van der Waals surface area contributed by atoms with Gasteiger partial charge in [-0.1, -0.05) is 43.9 Å². The van der Waals surface area contributed by atoms with E-state index in [2.05, 4.69) is 10.6 Å². The molecule has 1 fully saturated rings. The molecule has 2 N–H and O–H groups in total. The van der Waals surface area contributed by atoms with Crippen LogP contribution in [-0.2, 0) is 4.79 Å². The summed E-state index contributed by atoms with van der Waals surface area (Å²) in [6.07, 6.45) is 7.63. The van der Waals surface area contributed by atoms with E-state index in [1.54, 1.807) is 19.1 Å². The third kappa shape index (κ3) is 5.17. The van der Waals surface area contributed by atoms with Gasteiger partial charge in [0, 0.05) is 12.1 Å². The van der Waals surface area contributed by atoms with E-state index in [0.717, 1.165) is 12.3 Å². The summed E-state index contributed by atoms with van der Waals surface area (Å²) < 4.78 is 0. The maximum Gasteiger partial charge on any atom is 0.251 e. The first kappa shape index (κ1) is 16.5. The molecule has 22 heavy (non-hydrogen) atoms. The molecule has 2 amide bonds. The summed E-state index contributed by atoms with van der Waals surface area (Å²) in [7, 11) is 0. The summed E-state index contributed by atoms with van der Waals surface area (Å²) >= 11 is 0. The molecular formula is C18H26N2O2. The maximum atomic E-state index is 12.0. The van der Waals surface area contributed by atoms with Gasteiger partial charge in [-0.15, -0.1) is 0 Å². The average Bonchev–Trinajstić information content (AvgIpc) is 3.05. The Balaban J connectivity index is 1.65. The monoisotopic (exact) mass is 302 g/mol. The summed E-state index contributed by atoms with van der Waals surface area (Å²) in [5.41, 5.74) is 0.573. The van der Waals surface area contributed by atoms with Crippen molar-refractivity contribution in [2.24, 2.45) is 5.92 Å². The third-order valence-electron chi connectivity index (χ3n) is 4.34. The van der Waals surface area contributed by atoms with Gasteiger partial charge in [-0.25, -0.2) is 0 Å². The van der Waals surface area contributed by atoms with Crippen molar-refractivity contribution in [1.82, 2.24) is 10.6 Å². The molecule has 0 saturated heterocycles. The largest absolute Gasteiger partial charge is 0.354 e. The molecule has 1 saturated carbocycles. The zero-order chi connectivity index (χ0) is 15.8. The Bertz CT molecular complexity index is 481. The molecule has 4 heteroatoms. The lowest BCUT2D eigenvalue weighted by atomic mass is 10.0. The summed E-state index contributed by atoms with van der Waals surface area (Å²) in [6, 6.07) is 8.44. The topological polar surface area (TPSA) is 58.2 Å². The van der Waals surface area contributed by atoms with Crippen molar-refractivity contribution in [2.45, 2.75) is 51.5 Å². The number of carbonyl (C=O) groups is 2. The molecule has 1 aromatic rings. The van der Waals surface area contributed by atoms with Crippen molar-refractivity contribution < 1.29 is 9.59 Å². The van der Waals surface area contributed by atoms with Crippen molar-refractivity contribution in [3.8, 4) is 0 Å². The number of hydrogen-bond acceptors (Lipinski definition) is 2. The van der Waals surface area contributed by atoms with Crippen LogP contribution in [0.3, 0.4) is 0 Å². The van der Waals surface area contributed by atoms with Gasteiger partial charge in [-0.2, -0.15) is 0 Å². The third-order valence-corrected chi connectivity index (χ3v) is 4.34. The highest BCUT2D eigenvalue weighted by atomic mass is 16.2. The molecular weight excluding hydrogens is 276 g/mol. The minimum absolute atomic E-state index is 0.115. The van der Waals surface area contributed by atoms with E-state index >= 15 is 0 Å². The summed E-state index contributed by atoms with van der Waals surface area (Å²) in [4.78, 5) is 24.0. The smallest absolute Gasteiger partial charge is 0.251 e. The van der Waals surface area contributed by atoms with Gasteiger partial charge in [-0.05, 0) is 37.8 Å². The van der Waals surface area contributed by atoms with Crippen LogP contribution < -0.4 is 10.6 Å². The van der Waals surface area contributed by atoms with Crippen LogP contribution in [0.5, 0.6) is 0 Å². The number of rotatable bonds is 7. The predicted molar refractivity (Wildman–Crippen MR) is 87.6 cm³/mol. The molecule has 1 aromatic carbocycles. The lowest BCUT2D eigenvalue weighted by Crippen LogP contribution is -2.45. The zero-order valence-corrected chi connectivity index (χ0v) is 13.3. The molecule has 0 aliphatic heterocycles. The first-order valence-electron chi connectivity index (χ1n) is 8.30. The number of hydrogen-bond donors (Lipinski definition) is 2. The fraction of sp³-hybridized carbons (Fsp3) is 0.556. The molecule has 120 valence electrons. The van der Waals surface area contributed by atoms with Crippen LogP contribution in [0.2, 0.25) is 0 Å². The second kappa shape index (κ2) is 8.57. The zero-order valence-electron chi connectivity index (χ0n) is 13.3. The van der Waals surface area contributed by atoms with Gasteiger partial charge in [0.25, 0.3) is 5.91 Å². The quantitative estimate of drug-likeness (QED) is 0.761. The molecule has 1 aliphatic rings. The lowest BCUT2D eigenvalue weighted by Gasteiger charge is -2.15. The van der Waals surface area contributed by atoms with E-state index in [4.69, 9.17) is 0 Å². The predicted octanol–water partition coefficient (Wildman–Crippen LogP) is 2.89. The highest BCUT2D eigenvalue weighted by Gasteiger charge is 2.17. The van der Waals surface area contributed by atoms with Crippen LogP contribution in [0.1, 0.15) is 55.8 Å². The Morgan fingerprint density at radius 1 is 1.18 bits per heavy atom. The van der Waals surface area contributed by atoms with Crippen LogP contribution >= 0.6 is 0 Å². The molecule has 0 heterocycles. The van der Waals surface area contributed by atoms with Gasteiger partial charge in [0.2, 0.25) is 5.91 Å². The molecule has 1 aliphatic carbocycles. The standard InChI is InChI=1S/C18H26N2O2/c1-14(20-18(22)16-11-3-2-4-12-16)17(21)19-13-7-10-15-8-5-6-9-15/h2-4,11-12,14-15H,5-10,13H2,1H3,(H,19,21)(H,20,22). The van der Waals surface area contributed by atoms with Gasteiger partial charge in [0.15, 0.2) is 0 Å². The van der Waals surface area contributed by atoms with Crippen LogP contribution in [0, 0.1) is 5.92 Å². The Kier molecular flexibility index (Phi) is 6.44. The van der Waals surface area contributed by atoms with E-state index in [1.165, 1.54) is 32.1 Å². The molecule has 1 atom stereocenters. The van der Waals surface area contributed by atoms with Crippen molar-refractivity contribution in [3.63, 3.8) is 0 Å². The van der Waals surface area contributed by atoms with Crippen molar-refractivity contribution >= 4 is 11.8 Å². The highest BCUT2D eigenvalue weighted by Crippen LogP contribution is 2.28. The summed E-state index contributed by atoms with van der Waals surface area (Å²) in [5.74, 6) is 0.525. The van der Waals surface area contributed by atoms with Gasteiger partial charge >= 0.3 is 0 Å². The normalized spacial score (nSPS) is 16.2. The maximum absolute atomic E-state index is 12.0. The minimum Gasteiger partial charge on any atom is -0.354 e. The number of amides is 2. The first-order valence-corrected chi connectivity index (χ1v) is 8.30. The van der Waals surface area contributed by atoms with Gasteiger partial charge in [0.1, 0.15) is 6.04 Å². The Morgan fingerprint density at radius 3 is 2.55 bits per heavy atom. The van der Waals surface area contributed by atoms with Crippen molar-refractivity contribution in [3.05, 3.63) is 35.9 Å². The van der Waals surface area contributed by atoms with E-state index < -0.39 is 6.04 Å². The van der Waals surface area contributed by atoms with Gasteiger partial charge in [0.05, 0.1) is 0 Å². The van der Waals surface area contributed by atoms with Crippen LogP contribution in [0.4, 0.5) is 0 Å². The second-order valence-electron chi connectivity index (χ2n) is 6.14. The number of nitrogens with one attached hydrogen (secondary N) is 2. The van der Waals surface area contributed by atoms with E-state index in [9.17, 15) is 9.59 Å². The van der Waals surface area contributed by atoms with E-state index in [0.29, 0.717) is 12.1 Å². The fourth-order valence-electron chi connectivity index (χ4n) is 2.99. The second-order valence-corrected chi connectivity index (χ2v) is 6.14. The summed E-state index contributed by atoms with van der Waals surface area (Å²) in [6.45, 7) is 2.41. The highest BCUT2D eigenvalue weighted by molar-refractivity contribution is 5.97. The van der Waals surface area contributed by atoms with Gasteiger partial charge < -0.3 is 10.6 Å². The van der Waals surface area contributed by atoms with Gasteiger partial charge in [-0.3, -0.25) is 9.59 Å². The van der Waals surface area contributed by atoms with Crippen LogP contribution in [0.15, 0.2) is 30.3 Å². The Labute approximate surface area is 132 Å². The summed E-state index contributed by atoms with van der Waals surface area (Å²) in [5, 5.41) is 5.64. The molecule has 2 rings (SSSR count). The van der Waals surface area contributed by atoms with Crippen molar-refractivity contribution in [2.75, 3.05) is 6.54 Å². The number of carbonyl (C=O) groups excluding carboxylic acids is 2. The average molecular weight is 302 g/mol. The molecule has 0 aromatic heterocycles. The molecule has 0 radical (unpaired) electrons. The Hall–Kier alpha value is -1.84. The van der Waals surface area contributed by atoms with E-state index in [1.807, 2.05) is 18.2 Å². The molecule has 0 bridgehead atoms. The molecule has 4 nitrogen and oxygen atoms in total. The number of benzene rings is 1.